The summed E-state index contributed by atoms with van der Waals surface area (Å²) in [6, 6.07) is 30.8. The lowest BCUT2D eigenvalue weighted by Crippen LogP contribution is -2.31. The van der Waals surface area contributed by atoms with Crippen molar-refractivity contribution in [2.24, 2.45) is 0 Å². The number of halogens is 1. The Kier molecular flexibility index (Phi) is 9.74. The van der Waals surface area contributed by atoms with Crippen molar-refractivity contribution in [3.8, 4) is 0 Å². The lowest BCUT2D eigenvalue weighted by Gasteiger charge is -2.22. The van der Waals surface area contributed by atoms with Crippen molar-refractivity contribution in [3.05, 3.63) is 147 Å². The van der Waals surface area contributed by atoms with Crippen LogP contribution in [-0.4, -0.2) is 45.9 Å². The fraction of sp³-hybridized carbons (Fsp3) is 0.179. The minimum Gasteiger partial charge on any atom is -0.478 e. The van der Waals surface area contributed by atoms with Crippen LogP contribution >= 0.6 is 11.6 Å². The predicted molar refractivity (Wildman–Crippen MR) is 186 cm³/mol. The highest BCUT2D eigenvalue weighted by molar-refractivity contribution is 6.31. The van der Waals surface area contributed by atoms with Crippen LogP contribution in [0.5, 0.6) is 0 Å². The number of aromatic nitrogens is 1. The highest BCUT2D eigenvalue weighted by Crippen LogP contribution is 2.26. The normalized spacial score (nSPS) is 13.6. The van der Waals surface area contributed by atoms with Gasteiger partial charge in [0.1, 0.15) is 0 Å². The average molecular weight is 644 g/mol. The van der Waals surface area contributed by atoms with Gasteiger partial charge < -0.3 is 15.3 Å². The van der Waals surface area contributed by atoms with Crippen molar-refractivity contribution in [1.82, 2.24) is 15.2 Å². The van der Waals surface area contributed by atoms with E-state index in [1.807, 2.05) is 95.9 Å². The first-order valence-corrected chi connectivity index (χ1v) is 16.1. The number of carboxylic acids is 1. The van der Waals surface area contributed by atoms with Gasteiger partial charge in [-0.25, -0.2) is 9.78 Å². The van der Waals surface area contributed by atoms with Gasteiger partial charge in [0.2, 0.25) is 0 Å². The molecule has 1 unspecified atom stereocenters. The van der Waals surface area contributed by atoms with Crippen LogP contribution in [0.15, 0.2) is 103 Å². The van der Waals surface area contributed by atoms with E-state index in [2.05, 4.69) is 5.32 Å². The van der Waals surface area contributed by atoms with Gasteiger partial charge in [-0.2, -0.15) is 0 Å². The molecule has 1 saturated heterocycles. The summed E-state index contributed by atoms with van der Waals surface area (Å²) in [7, 11) is 0. The molecule has 1 fully saturated rings. The first-order chi connectivity index (χ1) is 22.9. The molecule has 0 radical (unpaired) electrons. The Labute approximate surface area is 278 Å². The summed E-state index contributed by atoms with van der Waals surface area (Å²) in [5.41, 5.74) is 4.96. The van der Waals surface area contributed by atoms with Crippen LogP contribution in [-0.2, 0) is 6.42 Å². The number of aromatic carboxylic acids is 1. The predicted octanol–water partition coefficient (Wildman–Crippen LogP) is 8.10. The summed E-state index contributed by atoms with van der Waals surface area (Å²) in [5.74, 6) is -1.61. The molecule has 47 heavy (non-hydrogen) atoms. The Morgan fingerprint density at radius 3 is 2.34 bits per heavy atom. The molecule has 1 aliphatic rings. The number of hydrogen-bond donors (Lipinski definition) is 2. The zero-order chi connectivity index (χ0) is 32.8. The number of aryl methyl sites for hydroxylation is 1. The second kappa shape index (κ2) is 14.4. The molecule has 2 amide bonds. The molecule has 0 bridgehead atoms. The van der Waals surface area contributed by atoms with Crippen molar-refractivity contribution in [2.45, 2.75) is 31.7 Å². The van der Waals surface area contributed by atoms with Crippen LogP contribution in [0, 0.1) is 0 Å². The summed E-state index contributed by atoms with van der Waals surface area (Å²) < 4.78 is 0. The van der Waals surface area contributed by atoms with Crippen LogP contribution < -0.4 is 5.32 Å². The standard InChI is InChI=1S/C39H34ClN3O4/c40-30-18-15-28-16-20-31(41-36(28)25-30)19-14-26-8-7-10-29(24-26)35(42-37(44)33-12-3-4-13-34(33)39(46)47)21-17-27-9-1-2-11-32(27)38(45)43-22-5-6-23-43/h1-4,7-16,18-20,24-25,35H,5-6,17,21-23H2,(H,42,44)(H,46,47)/b19-14+. The van der Waals surface area contributed by atoms with E-state index in [0.29, 0.717) is 23.4 Å². The van der Waals surface area contributed by atoms with Gasteiger partial charge in [0.05, 0.1) is 28.4 Å². The third-order valence-electron chi connectivity index (χ3n) is 8.49. The third kappa shape index (κ3) is 7.59. The molecule has 0 saturated carbocycles. The highest BCUT2D eigenvalue weighted by atomic mass is 35.5. The largest absolute Gasteiger partial charge is 0.478 e. The lowest BCUT2D eigenvalue weighted by atomic mass is 9.94. The second-order valence-electron chi connectivity index (χ2n) is 11.6. The first kappa shape index (κ1) is 31.7. The van der Waals surface area contributed by atoms with E-state index >= 15 is 0 Å². The Bertz CT molecular complexity index is 1980. The number of fused-ring (bicyclic) bond motifs is 1. The Hall–Kier alpha value is -5.27. The summed E-state index contributed by atoms with van der Waals surface area (Å²) in [5, 5.41) is 14.4. The van der Waals surface area contributed by atoms with Gasteiger partial charge in [-0.15, -0.1) is 0 Å². The van der Waals surface area contributed by atoms with Gasteiger partial charge in [0, 0.05) is 29.1 Å². The number of amides is 2. The number of rotatable bonds is 10. The van der Waals surface area contributed by atoms with Gasteiger partial charge in [-0.3, -0.25) is 9.59 Å². The smallest absolute Gasteiger partial charge is 0.336 e. The maximum absolute atomic E-state index is 13.6. The summed E-state index contributed by atoms with van der Waals surface area (Å²) >= 11 is 6.17. The molecule has 236 valence electrons. The molecule has 0 spiro atoms. The van der Waals surface area contributed by atoms with Gasteiger partial charge in [-0.1, -0.05) is 78.3 Å². The molecular weight excluding hydrogens is 610 g/mol. The SMILES string of the molecule is O=C(O)c1ccccc1C(=O)NC(CCc1ccccc1C(=O)N1CCCC1)c1cccc(/C=C/c2ccc3ccc(Cl)cc3n2)c1. The molecule has 7 nitrogen and oxygen atoms in total. The van der Waals surface area contributed by atoms with Crippen molar-refractivity contribution in [3.63, 3.8) is 0 Å². The maximum atomic E-state index is 13.6. The molecule has 0 aliphatic carbocycles. The van der Waals surface area contributed by atoms with Crippen molar-refractivity contribution >= 4 is 52.4 Å². The maximum Gasteiger partial charge on any atom is 0.336 e. The van der Waals surface area contributed by atoms with Crippen LogP contribution in [0.4, 0.5) is 0 Å². The minimum atomic E-state index is -1.17. The molecule has 2 heterocycles. The molecule has 1 aromatic heterocycles. The van der Waals surface area contributed by atoms with Crippen molar-refractivity contribution < 1.29 is 19.5 Å². The zero-order valence-electron chi connectivity index (χ0n) is 25.7. The first-order valence-electron chi connectivity index (χ1n) is 15.7. The number of carbonyl (C=O) groups excluding carboxylic acids is 2. The monoisotopic (exact) mass is 643 g/mol. The van der Waals surface area contributed by atoms with Gasteiger partial charge in [0.15, 0.2) is 0 Å². The van der Waals surface area contributed by atoms with Crippen molar-refractivity contribution in [2.75, 3.05) is 13.1 Å². The van der Waals surface area contributed by atoms with Crippen LogP contribution in [0.2, 0.25) is 5.02 Å². The second-order valence-corrected chi connectivity index (χ2v) is 12.1. The van der Waals surface area contributed by atoms with E-state index in [1.165, 1.54) is 12.1 Å². The number of nitrogens with one attached hydrogen (secondary N) is 1. The quantitative estimate of drug-likeness (QED) is 0.160. The molecule has 2 N–H and O–H groups in total. The molecule has 4 aromatic carbocycles. The summed E-state index contributed by atoms with van der Waals surface area (Å²) in [6.45, 7) is 1.52. The van der Waals surface area contributed by atoms with Gasteiger partial charge in [0.25, 0.3) is 11.8 Å². The number of hydrogen-bond acceptors (Lipinski definition) is 4. The third-order valence-corrected chi connectivity index (χ3v) is 8.72. The number of carbonyl (C=O) groups is 3. The summed E-state index contributed by atoms with van der Waals surface area (Å²) in [6.07, 6.45) is 6.93. The Morgan fingerprint density at radius 1 is 0.830 bits per heavy atom. The molecule has 8 heteroatoms. The fourth-order valence-electron chi connectivity index (χ4n) is 6.02. The number of carboxylic acid groups (broad SMARTS) is 1. The molecule has 1 aliphatic heterocycles. The fourth-order valence-corrected chi connectivity index (χ4v) is 6.19. The number of likely N-dealkylation sites (tertiary alicyclic amines) is 1. The molecular formula is C39H34ClN3O4. The summed E-state index contributed by atoms with van der Waals surface area (Å²) in [4.78, 5) is 45.4. The van der Waals surface area contributed by atoms with Gasteiger partial charge >= 0.3 is 5.97 Å². The van der Waals surface area contributed by atoms with E-state index < -0.39 is 17.9 Å². The van der Waals surface area contributed by atoms with E-state index in [-0.39, 0.29) is 17.0 Å². The van der Waals surface area contributed by atoms with Crippen LogP contribution in [0.25, 0.3) is 23.1 Å². The minimum absolute atomic E-state index is 0.0331. The van der Waals surface area contributed by atoms with Crippen LogP contribution in [0.1, 0.15) is 78.8 Å². The Morgan fingerprint density at radius 2 is 1.55 bits per heavy atom. The average Bonchev–Trinajstić information content (AvgIpc) is 3.64. The van der Waals surface area contributed by atoms with E-state index in [9.17, 15) is 19.5 Å². The van der Waals surface area contributed by atoms with Crippen molar-refractivity contribution in [1.29, 1.82) is 0 Å². The lowest BCUT2D eigenvalue weighted by molar-refractivity contribution is 0.0690. The molecule has 6 rings (SSSR count). The van der Waals surface area contributed by atoms with Crippen LogP contribution in [0.3, 0.4) is 0 Å². The number of nitrogens with zero attached hydrogens (tertiary/aromatic N) is 2. The van der Waals surface area contributed by atoms with E-state index in [1.54, 1.807) is 12.1 Å². The Balaban J connectivity index is 1.28. The molecule has 1 atom stereocenters. The van der Waals surface area contributed by atoms with E-state index in [0.717, 1.165) is 59.2 Å². The highest BCUT2D eigenvalue weighted by Gasteiger charge is 2.24. The molecule has 5 aromatic rings. The number of benzene rings is 4. The topological polar surface area (TPSA) is 99.6 Å². The number of pyridine rings is 1. The zero-order valence-corrected chi connectivity index (χ0v) is 26.5. The van der Waals surface area contributed by atoms with E-state index in [4.69, 9.17) is 16.6 Å². The van der Waals surface area contributed by atoms with Gasteiger partial charge in [-0.05, 0) is 90.9 Å².